The van der Waals surface area contributed by atoms with Crippen molar-refractivity contribution in [3.8, 4) is 0 Å². The van der Waals surface area contributed by atoms with Crippen LogP contribution in [-0.2, 0) is 9.53 Å². The topological polar surface area (TPSA) is 49.9 Å². The number of amides is 2. The fraction of sp³-hybridized carbons (Fsp3) is 0.238. The van der Waals surface area contributed by atoms with Gasteiger partial charge in [-0.1, -0.05) is 48.5 Å². The maximum Gasteiger partial charge on any atom is 0.259 e. The van der Waals surface area contributed by atoms with Gasteiger partial charge in [0.05, 0.1) is 13.2 Å². The summed E-state index contributed by atoms with van der Waals surface area (Å²) in [6.07, 6.45) is -0.199. The predicted octanol–water partition coefficient (Wildman–Crippen LogP) is 3.37. The van der Waals surface area contributed by atoms with Crippen molar-refractivity contribution in [2.75, 3.05) is 26.2 Å². The highest BCUT2D eigenvalue weighted by molar-refractivity contribution is 6.30. The lowest BCUT2D eigenvalue weighted by Gasteiger charge is -2.34. The number of benzene rings is 2. The Morgan fingerprint density at radius 2 is 1.85 bits per heavy atom. The second-order valence-corrected chi connectivity index (χ2v) is 7.07. The van der Waals surface area contributed by atoms with Crippen LogP contribution in [0.2, 0.25) is 5.02 Å². The Hall–Kier alpha value is -2.63. The van der Waals surface area contributed by atoms with Gasteiger partial charge in [-0.05, 0) is 23.8 Å². The van der Waals surface area contributed by atoms with Crippen molar-refractivity contribution in [1.82, 2.24) is 9.80 Å². The number of hydrogen-bond donors (Lipinski definition) is 0. The van der Waals surface area contributed by atoms with Crippen LogP contribution >= 0.6 is 11.6 Å². The Labute approximate surface area is 162 Å². The molecule has 27 heavy (non-hydrogen) atoms. The molecule has 0 saturated carbocycles. The Bertz CT molecular complexity index is 875. The molecular formula is C21H19ClN2O3. The van der Waals surface area contributed by atoms with Gasteiger partial charge >= 0.3 is 0 Å². The third-order valence-electron chi connectivity index (χ3n) is 4.99. The molecule has 1 fully saturated rings. The number of morpholine rings is 1. The van der Waals surface area contributed by atoms with Crippen LogP contribution in [0.3, 0.4) is 0 Å². The highest BCUT2D eigenvalue weighted by Gasteiger charge is 2.34. The summed E-state index contributed by atoms with van der Waals surface area (Å²) in [5.74, 6) is -0.286. The monoisotopic (exact) mass is 382 g/mol. The molecule has 1 saturated heterocycles. The Morgan fingerprint density at radius 1 is 1.15 bits per heavy atom. The first-order valence-corrected chi connectivity index (χ1v) is 9.17. The van der Waals surface area contributed by atoms with Gasteiger partial charge in [0.15, 0.2) is 0 Å². The van der Waals surface area contributed by atoms with E-state index in [9.17, 15) is 9.59 Å². The van der Waals surface area contributed by atoms with Crippen molar-refractivity contribution in [1.29, 1.82) is 0 Å². The third kappa shape index (κ3) is 3.36. The molecular weight excluding hydrogens is 364 g/mol. The van der Waals surface area contributed by atoms with Crippen molar-refractivity contribution in [3.05, 3.63) is 76.8 Å². The average Bonchev–Trinajstić information content (AvgIpc) is 2.94. The molecule has 0 aliphatic carbocycles. The normalized spacial score (nSPS) is 19.4. The van der Waals surface area contributed by atoms with Crippen LogP contribution in [0.5, 0.6) is 0 Å². The van der Waals surface area contributed by atoms with Gasteiger partial charge in [-0.25, -0.2) is 0 Å². The van der Waals surface area contributed by atoms with Crippen LogP contribution < -0.4 is 0 Å². The minimum absolute atomic E-state index is 0.0142. The minimum atomic E-state index is -0.199. The minimum Gasteiger partial charge on any atom is -0.370 e. The molecule has 0 spiro atoms. The lowest BCUT2D eigenvalue weighted by molar-refractivity contribution is -0.139. The maximum atomic E-state index is 12.8. The predicted molar refractivity (Wildman–Crippen MR) is 103 cm³/mol. The summed E-state index contributed by atoms with van der Waals surface area (Å²) in [4.78, 5) is 28.6. The smallest absolute Gasteiger partial charge is 0.259 e. The molecule has 2 heterocycles. The lowest BCUT2D eigenvalue weighted by atomic mass is 10.1. The zero-order valence-electron chi connectivity index (χ0n) is 14.7. The molecule has 2 aliphatic rings. The SMILES string of the molecule is C=C1c2ccccc2C(=O)N1CC(=O)N1CCOC(c2ccc(Cl)cc2)C1. The number of halogens is 1. The largest absolute Gasteiger partial charge is 0.370 e. The van der Waals surface area contributed by atoms with Gasteiger partial charge in [-0.3, -0.25) is 14.5 Å². The number of rotatable bonds is 3. The molecule has 2 aromatic carbocycles. The summed E-state index contributed by atoms with van der Waals surface area (Å²) in [6.45, 7) is 5.38. The molecule has 2 aliphatic heterocycles. The van der Waals surface area contributed by atoms with E-state index >= 15 is 0 Å². The van der Waals surface area contributed by atoms with Gasteiger partial charge in [0.25, 0.3) is 5.91 Å². The fourth-order valence-electron chi connectivity index (χ4n) is 3.49. The van der Waals surface area contributed by atoms with Crippen LogP contribution in [0.1, 0.15) is 27.6 Å². The van der Waals surface area contributed by atoms with E-state index in [0.29, 0.717) is 36.0 Å². The molecule has 2 aromatic rings. The Morgan fingerprint density at radius 3 is 2.56 bits per heavy atom. The molecule has 4 rings (SSSR count). The summed E-state index contributed by atoms with van der Waals surface area (Å²) in [7, 11) is 0. The molecule has 0 bridgehead atoms. The molecule has 0 N–H and O–H groups in total. The first kappa shape index (κ1) is 17.8. The number of hydrogen-bond acceptors (Lipinski definition) is 3. The maximum absolute atomic E-state index is 12.8. The van der Waals surface area contributed by atoms with Crippen molar-refractivity contribution in [2.45, 2.75) is 6.10 Å². The molecule has 0 aromatic heterocycles. The third-order valence-corrected chi connectivity index (χ3v) is 5.25. The van der Waals surface area contributed by atoms with E-state index in [1.807, 2.05) is 42.5 Å². The zero-order valence-corrected chi connectivity index (χ0v) is 15.5. The summed E-state index contributed by atoms with van der Waals surface area (Å²) < 4.78 is 5.81. The number of nitrogens with zero attached hydrogens (tertiary/aromatic N) is 2. The second kappa shape index (κ2) is 7.18. The summed E-state index contributed by atoms with van der Waals surface area (Å²) in [6, 6.07) is 14.7. The fourth-order valence-corrected chi connectivity index (χ4v) is 3.62. The molecule has 5 nitrogen and oxygen atoms in total. The van der Waals surface area contributed by atoms with E-state index in [1.165, 1.54) is 4.90 Å². The highest BCUT2D eigenvalue weighted by Crippen LogP contribution is 2.31. The van der Waals surface area contributed by atoms with E-state index in [4.69, 9.17) is 16.3 Å². The van der Waals surface area contributed by atoms with Crippen LogP contribution in [0.25, 0.3) is 5.70 Å². The molecule has 1 atom stereocenters. The molecule has 138 valence electrons. The quantitative estimate of drug-likeness (QED) is 0.817. The zero-order chi connectivity index (χ0) is 19.0. The second-order valence-electron chi connectivity index (χ2n) is 6.63. The van der Waals surface area contributed by atoms with E-state index in [-0.39, 0.29) is 24.5 Å². The van der Waals surface area contributed by atoms with Gasteiger partial charge in [0.1, 0.15) is 12.6 Å². The average molecular weight is 383 g/mol. The van der Waals surface area contributed by atoms with E-state index < -0.39 is 0 Å². The number of carbonyl (C=O) groups is 2. The van der Waals surface area contributed by atoms with E-state index in [0.717, 1.165) is 11.1 Å². The summed E-state index contributed by atoms with van der Waals surface area (Å²) in [5.41, 5.74) is 2.94. The number of ether oxygens (including phenoxy) is 1. The van der Waals surface area contributed by atoms with Crippen molar-refractivity contribution in [3.63, 3.8) is 0 Å². The van der Waals surface area contributed by atoms with Crippen LogP contribution in [-0.4, -0.2) is 47.9 Å². The molecule has 1 unspecified atom stereocenters. The number of carbonyl (C=O) groups excluding carboxylic acids is 2. The molecule has 0 radical (unpaired) electrons. The van der Waals surface area contributed by atoms with Crippen LogP contribution in [0.15, 0.2) is 55.1 Å². The van der Waals surface area contributed by atoms with Gasteiger partial charge in [-0.2, -0.15) is 0 Å². The van der Waals surface area contributed by atoms with Gasteiger partial charge in [0.2, 0.25) is 5.91 Å². The number of fused-ring (bicyclic) bond motifs is 1. The summed E-state index contributed by atoms with van der Waals surface area (Å²) >= 11 is 5.94. The van der Waals surface area contributed by atoms with Gasteiger partial charge < -0.3 is 9.64 Å². The first-order valence-electron chi connectivity index (χ1n) is 8.79. The van der Waals surface area contributed by atoms with Crippen molar-refractivity contribution < 1.29 is 14.3 Å². The standard InChI is InChI=1S/C21H19ClN2O3/c1-14-17-4-2-3-5-18(17)21(26)24(14)13-20(25)23-10-11-27-19(12-23)15-6-8-16(22)9-7-15/h2-9,19H,1,10-13H2. The van der Waals surface area contributed by atoms with Crippen LogP contribution in [0.4, 0.5) is 0 Å². The van der Waals surface area contributed by atoms with Crippen LogP contribution in [0, 0.1) is 0 Å². The van der Waals surface area contributed by atoms with Crippen molar-refractivity contribution in [2.24, 2.45) is 0 Å². The van der Waals surface area contributed by atoms with Crippen molar-refractivity contribution >= 4 is 29.1 Å². The lowest BCUT2D eigenvalue weighted by Crippen LogP contribution is -2.46. The van der Waals surface area contributed by atoms with E-state index in [2.05, 4.69) is 6.58 Å². The first-order chi connectivity index (χ1) is 13.0. The van der Waals surface area contributed by atoms with Gasteiger partial charge in [-0.15, -0.1) is 0 Å². The van der Waals surface area contributed by atoms with Gasteiger partial charge in [0, 0.05) is 28.4 Å². The van der Waals surface area contributed by atoms with E-state index in [1.54, 1.807) is 11.0 Å². The Kier molecular flexibility index (Phi) is 4.72. The Balaban J connectivity index is 1.45. The summed E-state index contributed by atoms with van der Waals surface area (Å²) in [5, 5.41) is 0.660. The molecule has 6 heteroatoms. The highest BCUT2D eigenvalue weighted by atomic mass is 35.5. The molecule has 2 amide bonds.